The minimum atomic E-state index is -1.09. The maximum atomic E-state index is 11.2. The van der Waals surface area contributed by atoms with Crippen LogP contribution in [0.25, 0.3) is 16.8 Å². The van der Waals surface area contributed by atoms with Gasteiger partial charge in [0, 0.05) is 7.05 Å². The number of hydrogen-bond donors (Lipinski definition) is 2. The Morgan fingerprint density at radius 3 is 2.55 bits per heavy atom. The van der Waals surface area contributed by atoms with E-state index in [2.05, 4.69) is 20.9 Å². The summed E-state index contributed by atoms with van der Waals surface area (Å²) in [6, 6.07) is 4.52. The van der Waals surface area contributed by atoms with Gasteiger partial charge in [-0.1, -0.05) is 0 Å². The summed E-state index contributed by atoms with van der Waals surface area (Å²) in [4.78, 5) is 26.6. The van der Waals surface area contributed by atoms with Crippen molar-refractivity contribution in [3.8, 4) is 0 Å². The van der Waals surface area contributed by atoms with Crippen LogP contribution in [0.15, 0.2) is 22.8 Å². The fourth-order valence-corrected chi connectivity index (χ4v) is 2.98. The number of imidazole rings is 2. The van der Waals surface area contributed by atoms with E-state index in [1.807, 2.05) is 0 Å². The first-order valence-corrected chi connectivity index (χ1v) is 6.34. The molecular weight excluding hydrogens is 330 g/mol. The molecule has 0 saturated carbocycles. The lowest BCUT2D eigenvalue weighted by atomic mass is 10.2. The van der Waals surface area contributed by atoms with E-state index in [4.69, 9.17) is 5.11 Å². The lowest BCUT2D eigenvalue weighted by molar-refractivity contribution is 0.0679. The predicted molar refractivity (Wildman–Crippen MR) is 73.3 cm³/mol. The summed E-state index contributed by atoms with van der Waals surface area (Å²) in [5.74, 6) is -1.72. The second-order valence-corrected chi connectivity index (χ2v) is 5.01. The van der Waals surface area contributed by atoms with E-state index < -0.39 is 11.9 Å². The van der Waals surface area contributed by atoms with Gasteiger partial charge in [-0.15, -0.1) is 0 Å². The molecule has 0 radical (unpaired) electrons. The van der Waals surface area contributed by atoms with Gasteiger partial charge >= 0.3 is 11.9 Å². The average molecular weight is 338 g/mol. The Hall–Kier alpha value is -2.35. The van der Waals surface area contributed by atoms with Crippen LogP contribution in [0.2, 0.25) is 0 Å². The molecule has 3 rings (SSSR count). The van der Waals surface area contributed by atoms with Gasteiger partial charge in [-0.05, 0) is 34.1 Å². The van der Waals surface area contributed by atoms with E-state index in [1.165, 1.54) is 16.7 Å². The lowest BCUT2D eigenvalue weighted by Crippen LogP contribution is -2.05. The normalized spacial score (nSPS) is 11.3. The van der Waals surface area contributed by atoms with Crippen LogP contribution < -0.4 is 0 Å². The standard InChI is InChI=1S/C12H8BrN3O4/c1-15-8(11(19)20)9(13)16-7-4-5(10(17)18)2-3-6(7)14-12(15)16/h2-4H,1H3,(H,17,18)(H,19,20). The molecule has 20 heavy (non-hydrogen) atoms. The summed E-state index contributed by atoms with van der Waals surface area (Å²) in [7, 11) is 1.59. The van der Waals surface area contributed by atoms with E-state index in [0.717, 1.165) is 0 Å². The molecular formula is C12H8BrN3O4. The van der Waals surface area contributed by atoms with Crippen LogP contribution in [-0.4, -0.2) is 36.1 Å². The average Bonchev–Trinajstić information content (AvgIpc) is 2.85. The first-order chi connectivity index (χ1) is 9.41. The van der Waals surface area contributed by atoms with Crippen molar-refractivity contribution in [3.05, 3.63) is 34.1 Å². The van der Waals surface area contributed by atoms with Crippen LogP contribution in [0.4, 0.5) is 0 Å². The third-order valence-corrected chi connectivity index (χ3v) is 3.84. The highest BCUT2D eigenvalue weighted by molar-refractivity contribution is 9.10. The largest absolute Gasteiger partial charge is 0.478 e. The number of aryl methyl sites for hydroxylation is 1. The smallest absolute Gasteiger partial charge is 0.355 e. The third kappa shape index (κ3) is 1.54. The highest BCUT2D eigenvalue weighted by atomic mass is 79.9. The van der Waals surface area contributed by atoms with Gasteiger partial charge in [0.1, 0.15) is 4.60 Å². The molecule has 0 aliphatic heterocycles. The summed E-state index contributed by atoms with van der Waals surface area (Å²) >= 11 is 3.24. The van der Waals surface area contributed by atoms with Crippen LogP contribution >= 0.6 is 15.9 Å². The van der Waals surface area contributed by atoms with E-state index in [1.54, 1.807) is 17.5 Å². The third-order valence-electron chi connectivity index (χ3n) is 3.11. The summed E-state index contributed by atoms with van der Waals surface area (Å²) in [6.45, 7) is 0. The molecule has 102 valence electrons. The fraction of sp³-hybridized carbons (Fsp3) is 0.0833. The van der Waals surface area contributed by atoms with Crippen LogP contribution in [0.5, 0.6) is 0 Å². The SMILES string of the molecule is Cn1c(C(=O)O)c(Br)n2c3cc(C(=O)O)ccc3nc12. The zero-order valence-electron chi connectivity index (χ0n) is 10.2. The van der Waals surface area contributed by atoms with Gasteiger partial charge in [0.15, 0.2) is 5.69 Å². The van der Waals surface area contributed by atoms with E-state index >= 15 is 0 Å². The monoisotopic (exact) mass is 337 g/mol. The second kappa shape index (κ2) is 4.07. The van der Waals surface area contributed by atoms with Crippen molar-refractivity contribution in [1.29, 1.82) is 0 Å². The molecule has 0 spiro atoms. The molecule has 1 aromatic carbocycles. The van der Waals surface area contributed by atoms with Crippen molar-refractivity contribution < 1.29 is 19.8 Å². The quantitative estimate of drug-likeness (QED) is 0.745. The molecule has 2 aromatic heterocycles. The van der Waals surface area contributed by atoms with Gasteiger partial charge < -0.3 is 14.8 Å². The van der Waals surface area contributed by atoms with Gasteiger partial charge in [-0.3, -0.25) is 4.40 Å². The summed E-state index contributed by atoms with van der Waals surface area (Å²) in [6.07, 6.45) is 0. The minimum Gasteiger partial charge on any atom is -0.478 e. The topological polar surface area (TPSA) is 96.8 Å². The highest BCUT2D eigenvalue weighted by Crippen LogP contribution is 2.27. The molecule has 0 atom stereocenters. The maximum absolute atomic E-state index is 11.2. The Bertz CT molecular complexity index is 893. The summed E-state index contributed by atoms with van der Waals surface area (Å²) in [5, 5.41) is 18.2. The van der Waals surface area contributed by atoms with Crippen LogP contribution in [0, 0.1) is 0 Å². The van der Waals surface area contributed by atoms with Gasteiger partial charge in [-0.25, -0.2) is 14.6 Å². The molecule has 0 aliphatic carbocycles. The Kier molecular flexibility index (Phi) is 2.58. The first kappa shape index (κ1) is 12.7. The number of rotatable bonds is 2. The molecule has 2 N–H and O–H groups in total. The van der Waals surface area contributed by atoms with Crippen molar-refractivity contribution in [2.45, 2.75) is 0 Å². The van der Waals surface area contributed by atoms with Gasteiger partial charge in [0.2, 0.25) is 5.78 Å². The number of carboxylic acids is 2. The zero-order chi connectivity index (χ0) is 14.6. The van der Waals surface area contributed by atoms with Crippen LogP contribution in [0.1, 0.15) is 20.8 Å². The van der Waals surface area contributed by atoms with Gasteiger partial charge in [-0.2, -0.15) is 0 Å². The zero-order valence-corrected chi connectivity index (χ0v) is 11.7. The highest BCUT2D eigenvalue weighted by Gasteiger charge is 2.22. The number of aromatic nitrogens is 3. The predicted octanol–water partition coefficient (Wildman–Crippen LogP) is 1.98. The molecule has 8 heteroatoms. The molecule has 2 heterocycles. The molecule has 7 nitrogen and oxygen atoms in total. The Morgan fingerprint density at radius 2 is 1.95 bits per heavy atom. The fourth-order valence-electron chi connectivity index (χ4n) is 2.19. The van der Waals surface area contributed by atoms with Crippen molar-refractivity contribution >= 4 is 44.7 Å². The van der Waals surface area contributed by atoms with Crippen LogP contribution in [0.3, 0.4) is 0 Å². The van der Waals surface area contributed by atoms with Crippen molar-refractivity contribution in [1.82, 2.24) is 14.0 Å². The number of benzene rings is 1. The summed E-state index contributed by atoms with van der Waals surface area (Å²) < 4.78 is 3.34. The van der Waals surface area contributed by atoms with Gasteiger partial charge in [0.25, 0.3) is 0 Å². The molecule has 0 bridgehead atoms. The van der Waals surface area contributed by atoms with E-state index in [0.29, 0.717) is 21.4 Å². The van der Waals surface area contributed by atoms with Crippen molar-refractivity contribution in [2.24, 2.45) is 7.05 Å². The first-order valence-electron chi connectivity index (χ1n) is 5.54. The molecule has 0 amide bonds. The second-order valence-electron chi connectivity index (χ2n) is 4.26. The number of aromatic carboxylic acids is 2. The molecule has 3 aromatic rings. The maximum Gasteiger partial charge on any atom is 0.355 e. The van der Waals surface area contributed by atoms with Crippen LogP contribution in [-0.2, 0) is 7.05 Å². The number of carboxylic acid groups (broad SMARTS) is 2. The Balaban J connectivity index is 2.47. The van der Waals surface area contributed by atoms with E-state index in [-0.39, 0.29) is 11.3 Å². The lowest BCUT2D eigenvalue weighted by Gasteiger charge is -1.97. The minimum absolute atomic E-state index is 0.0510. The van der Waals surface area contributed by atoms with E-state index in [9.17, 15) is 14.7 Å². The molecule has 0 unspecified atom stereocenters. The molecule has 0 saturated heterocycles. The number of halogens is 1. The van der Waals surface area contributed by atoms with Gasteiger partial charge in [0.05, 0.1) is 16.6 Å². The Morgan fingerprint density at radius 1 is 1.25 bits per heavy atom. The molecule has 0 fully saturated rings. The van der Waals surface area contributed by atoms with Crippen molar-refractivity contribution in [3.63, 3.8) is 0 Å². The Labute approximate surface area is 120 Å². The van der Waals surface area contributed by atoms with Crippen molar-refractivity contribution in [2.75, 3.05) is 0 Å². The number of carbonyl (C=O) groups is 2. The number of hydrogen-bond acceptors (Lipinski definition) is 3. The summed E-state index contributed by atoms with van der Waals surface area (Å²) in [5.41, 5.74) is 1.30. The number of fused-ring (bicyclic) bond motifs is 3. The number of nitrogens with zero attached hydrogens (tertiary/aromatic N) is 3. The molecule has 0 aliphatic rings.